The van der Waals surface area contributed by atoms with Gasteiger partial charge in [-0.3, -0.25) is 24.0 Å². The van der Waals surface area contributed by atoms with Gasteiger partial charge in [-0.05, 0) is 50.7 Å². The smallest absolute Gasteiger partial charge is 0.323 e. The lowest BCUT2D eigenvalue weighted by Crippen LogP contribution is -2.46. The number of amides is 3. The SMILES string of the molecule is CC1(C2CC2)NC(=O)N(CC(=O)n2ccccc2=NC2CCCCC2)C1=O. The molecule has 1 aromatic rings. The minimum Gasteiger partial charge on any atom is -0.323 e. The molecule has 4 rings (SSSR count). The normalized spacial score (nSPS) is 27.1. The van der Waals surface area contributed by atoms with Gasteiger partial charge in [0.05, 0.1) is 6.04 Å². The Hall–Kier alpha value is -2.44. The molecule has 2 heterocycles. The van der Waals surface area contributed by atoms with Crippen molar-refractivity contribution in [2.24, 2.45) is 10.9 Å². The summed E-state index contributed by atoms with van der Waals surface area (Å²) in [7, 11) is 0. The van der Waals surface area contributed by atoms with Gasteiger partial charge in [-0.15, -0.1) is 0 Å². The average Bonchev–Trinajstić information content (AvgIpc) is 3.49. The highest BCUT2D eigenvalue weighted by Crippen LogP contribution is 2.42. The van der Waals surface area contributed by atoms with E-state index in [2.05, 4.69) is 5.32 Å². The summed E-state index contributed by atoms with van der Waals surface area (Å²) in [5.74, 6) is -0.449. The number of urea groups is 1. The van der Waals surface area contributed by atoms with Crippen LogP contribution in [0.15, 0.2) is 29.4 Å². The van der Waals surface area contributed by atoms with Crippen LogP contribution >= 0.6 is 0 Å². The van der Waals surface area contributed by atoms with Crippen LogP contribution in [0, 0.1) is 5.92 Å². The molecule has 1 unspecified atom stereocenters. The van der Waals surface area contributed by atoms with Gasteiger partial charge in [0.1, 0.15) is 17.6 Å². The molecular weight excluding hydrogens is 344 g/mol. The molecule has 27 heavy (non-hydrogen) atoms. The number of hydrogen-bond acceptors (Lipinski definition) is 4. The first-order valence-corrected chi connectivity index (χ1v) is 9.88. The van der Waals surface area contributed by atoms with Crippen molar-refractivity contribution < 1.29 is 14.4 Å². The van der Waals surface area contributed by atoms with Crippen LogP contribution in [0.2, 0.25) is 0 Å². The zero-order valence-electron chi connectivity index (χ0n) is 15.7. The fourth-order valence-corrected chi connectivity index (χ4v) is 4.16. The Morgan fingerprint density at radius 2 is 1.93 bits per heavy atom. The van der Waals surface area contributed by atoms with Crippen molar-refractivity contribution in [3.05, 3.63) is 29.9 Å². The Kier molecular flexibility index (Phi) is 4.61. The number of carbonyl (C=O) groups excluding carboxylic acids is 3. The molecule has 1 atom stereocenters. The van der Waals surface area contributed by atoms with Gasteiger partial charge in [-0.2, -0.15) is 0 Å². The molecule has 1 aromatic heterocycles. The fraction of sp³-hybridized carbons (Fsp3) is 0.600. The summed E-state index contributed by atoms with van der Waals surface area (Å²) in [5, 5.41) is 2.78. The quantitative estimate of drug-likeness (QED) is 0.824. The summed E-state index contributed by atoms with van der Waals surface area (Å²) in [5.41, 5.74) is -0.278. The maximum Gasteiger partial charge on any atom is 0.325 e. The van der Waals surface area contributed by atoms with E-state index in [1.807, 2.05) is 12.1 Å². The molecule has 1 saturated heterocycles. The molecule has 1 aliphatic heterocycles. The van der Waals surface area contributed by atoms with Crippen molar-refractivity contribution in [3.63, 3.8) is 0 Å². The molecule has 7 heteroatoms. The molecule has 3 amide bonds. The summed E-state index contributed by atoms with van der Waals surface area (Å²) < 4.78 is 1.46. The summed E-state index contributed by atoms with van der Waals surface area (Å²) in [6.45, 7) is 1.49. The van der Waals surface area contributed by atoms with Crippen LogP contribution in [0.5, 0.6) is 0 Å². The number of pyridine rings is 1. The number of imide groups is 1. The molecule has 144 valence electrons. The topological polar surface area (TPSA) is 83.8 Å². The molecule has 0 bridgehead atoms. The second kappa shape index (κ2) is 6.94. The second-order valence-corrected chi connectivity index (χ2v) is 8.04. The van der Waals surface area contributed by atoms with Crippen molar-refractivity contribution in [1.29, 1.82) is 0 Å². The van der Waals surface area contributed by atoms with E-state index < -0.39 is 11.6 Å². The highest BCUT2D eigenvalue weighted by atomic mass is 16.2. The van der Waals surface area contributed by atoms with E-state index in [4.69, 9.17) is 4.99 Å². The third kappa shape index (κ3) is 3.42. The first-order valence-electron chi connectivity index (χ1n) is 9.88. The summed E-state index contributed by atoms with van der Waals surface area (Å²) >= 11 is 0. The van der Waals surface area contributed by atoms with E-state index in [9.17, 15) is 14.4 Å². The molecule has 0 spiro atoms. The maximum absolute atomic E-state index is 12.9. The van der Waals surface area contributed by atoms with Gasteiger partial charge < -0.3 is 5.32 Å². The van der Waals surface area contributed by atoms with Gasteiger partial charge in [0.2, 0.25) is 0 Å². The lowest BCUT2D eigenvalue weighted by molar-refractivity contribution is -0.131. The Morgan fingerprint density at radius 3 is 2.63 bits per heavy atom. The summed E-state index contributed by atoms with van der Waals surface area (Å²) in [6.07, 6.45) is 9.17. The monoisotopic (exact) mass is 370 g/mol. The average molecular weight is 370 g/mol. The molecule has 0 radical (unpaired) electrons. The van der Waals surface area contributed by atoms with Gasteiger partial charge in [0.25, 0.3) is 11.8 Å². The first-order chi connectivity index (χ1) is 13.0. The van der Waals surface area contributed by atoms with Gasteiger partial charge in [0, 0.05) is 6.20 Å². The molecule has 7 nitrogen and oxygen atoms in total. The van der Waals surface area contributed by atoms with Gasteiger partial charge in [-0.25, -0.2) is 4.79 Å². The number of aromatic nitrogens is 1. The van der Waals surface area contributed by atoms with Crippen LogP contribution < -0.4 is 10.8 Å². The van der Waals surface area contributed by atoms with Crippen molar-refractivity contribution in [3.8, 4) is 0 Å². The standard InChI is InChI=1S/C20H26N4O3/c1-20(14-10-11-14)18(26)24(19(27)22-20)13-17(25)23-12-6-5-9-16(23)21-15-7-3-2-4-8-15/h5-6,9,12,14-15H,2-4,7-8,10-11,13H2,1H3,(H,22,27). The largest absolute Gasteiger partial charge is 0.325 e. The van der Waals surface area contributed by atoms with Gasteiger partial charge >= 0.3 is 6.03 Å². The van der Waals surface area contributed by atoms with Crippen LogP contribution in [0.4, 0.5) is 4.79 Å². The first kappa shape index (κ1) is 17.9. The van der Waals surface area contributed by atoms with Crippen molar-refractivity contribution in [2.75, 3.05) is 6.54 Å². The zero-order valence-corrected chi connectivity index (χ0v) is 15.7. The van der Waals surface area contributed by atoms with Crippen LogP contribution in [-0.2, 0) is 4.79 Å². The third-order valence-electron chi connectivity index (χ3n) is 5.98. The van der Waals surface area contributed by atoms with Crippen molar-refractivity contribution >= 4 is 17.8 Å². The number of nitrogens with zero attached hydrogens (tertiary/aromatic N) is 3. The Bertz CT molecular complexity index is 836. The van der Waals surface area contributed by atoms with E-state index in [0.29, 0.717) is 5.49 Å². The van der Waals surface area contributed by atoms with E-state index in [1.54, 1.807) is 19.2 Å². The lowest BCUT2D eigenvalue weighted by atomic mass is 9.96. The van der Waals surface area contributed by atoms with E-state index in [-0.39, 0.29) is 30.3 Å². The zero-order chi connectivity index (χ0) is 19.0. The summed E-state index contributed by atoms with van der Waals surface area (Å²) in [6, 6.07) is 5.17. The minimum absolute atomic E-state index is 0.176. The predicted molar refractivity (Wildman–Crippen MR) is 98.9 cm³/mol. The minimum atomic E-state index is -0.867. The number of carbonyl (C=O) groups is 3. The van der Waals surface area contributed by atoms with Crippen LogP contribution in [0.1, 0.15) is 56.7 Å². The molecule has 2 saturated carbocycles. The molecular formula is C20H26N4O3. The molecule has 2 aliphatic carbocycles. The van der Waals surface area contributed by atoms with E-state index >= 15 is 0 Å². The molecule has 1 N–H and O–H groups in total. The molecule has 3 fully saturated rings. The Morgan fingerprint density at radius 1 is 1.19 bits per heavy atom. The predicted octanol–water partition coefficient (Wildman–Crippen LogP) is 2.08. The number of hydrogen-bond donors (Lipinski definition) is 1. The van der Waals surface area contributed by atoms with E-state index in [1.165, 1.54) is 11.0 Å². The third-order valence-corrected chi connectivity index (χ3v) is 5.98. The van der Waals surface area contributed by atoms with Crippen molar-refractivity contribution in [2.45, 2.75) is 63.5 Å². The lowest BCUT2D eigenvalue weighted by Gasteiger charge is -2.21. The molecule has 0 aromatic carbocycles. The van der Waals surface area contributed by atoms with Crippen LogP contribution in [0.3, 0.4) is 0 Å². The Balaban J connectivity index is 1.54. The maximum atomic E-state index is 12.9. The highest BCUT2D eigenvalue weighted by Gasteiger charge is 2.56. The van der Waals surface area contributed by atoms with Gasteiger partial charge in [0.15, 0.2) is 0 Å². The number of rotatable bonds is 4. The van der Waals surface area contributed by atoms with Crippen LogP contribution in [-0.4, -0.2) is 45.4 Å². The van der Waals surface area contributed by atoms with Crippen molar-refractivity contribution in [1.82, 2.24) is 14.8 Å². The summed E-state index contributed by atoms with van der Waals surface area (Å²) in [4.78, 5) is 43.7. The number of nitrogens with one attached hydrogen (secondary N) is 1. The van der Waals surface area contributed by atoms with E-state index in [0.717, 1.165) is 43.4 Å². The highest BCUT2D eigenvalue weighted by molar-refractivity contribution is 6.09. The van der Waals surface area contributed by atoms with Gasteiger partial charge in [-0.1, -0.05) is 25.3 Å². The second-order valence-electron chi connectivity index (χ2n) is 8.04. The fourth-order valence-electron chi connectivity index (χ4n) is 4.16. The Labute approximate surface area is 158 Å². The molecule has 3 aliphatic rings. The van der Waals surface area contributed by atoms with Crippen LogP contribution in [0.25, 0.3) is 0 Å².